The first-order valence-corrected chi connectivity index (χ1v) is 5.51. The molecule has 0 aromatic heterocycles. The van der Waals surface area contributed by atoms with Gasteiger partial charge in [0.2, 0.25) is 0 Å². The fourth-order valence-electron chi connectivity index (χ4n) is 1.37. The smallest absolute Gasteiger partial charge is 0.494 e. The van der Waals surface area contributed by atoms with Gasteiger partial charge < -0.3 is 9.84 Å². The third-order valence-electron chi connectivity index (χ3n) is 2.53. The molecule has 0 saturated carbocycles. The molecule has 1 aromatic rings. The Morgan fingerprint density at radius 2 is 1.94 bits per heavy atom. The summed E-state index contributed by atoms with van der Waals surface area (Å²) in [5.41, 5.74) is 2.46. The fraction of sp³-hybridized carbons (Fsp3) is 0.462. The Labute approximate surface area is 124 Å². The molecule has 0 amide bonds. The number of rotatable bonds is 6. The topological polar surface area (TPSA) is 46.5 Å². The number of hydrogen-bond donors (Lipinski definition) is 1. The molecule has 3 nitrogen and oxygen atoms in total. The van der Waals surface area contributed by atoms with Crippen LogP contribution in [0.1, 0.15) is 30.4 Å². The zero-order valence-electron chi connectivity index (χ0n) is 10.8. The Hall–Kier alpha value is -0.510. The molecule has 17 heavy (non-hydrogen) atoms. The first-order valence-electron chi connectivity index (χ1n) is 5.51. The van der Waals surface area contributed by atoms with Crippen molar-refractivity contribution in [1.29, 1.82) is 0 Å². The van der Waals surface area contributed by atoms with Crippen molar-refractivity contribution < 1.29 is 44.2 Å². The van der Waals surface area contributed by atoms with Crippen molar-refractivity contribution in [1.82, 2.24) is 0 Å². The van der Waals surface area contributed by atoms with Crippen molar-refractivity contribution in [3.8, 4) is 5.75 Å². The predicted molar refractivity (Wildman–Crippen MR) is 62.9 cm³/mol. The van der Waals surface area contributed by atoms with Crippen molar-refractivity contribution >= 4 is 5.97 Å². The molecule has 0 aliphatic carbocycles. The Kier molecular flexibility index (Phi) is 8.30. The van der Waals surface area contributed by atoms with Gasteiger partial charge in [-0.3, -0.25) is 4.79 Å². The summed E-state index contributed by atoms with van der Waals surface area (Å²) in [4.78, 5) is 10.3. The number of benzene rings is 1. The van der Waals surface area contributed by atoms with E-state index in [-0.39, 0.29) is 36.0 Å². The van der Waals surface area contributed by atoms with Gasteiger partial charge >= 0.3 is 35.5 Å². The molecule has 88 valence electrons. The van der Waals surface area contributed by atoms with E-state index in [1.807, 2.05) is 25.1 Å². The van der Waals surface area contributed by atoms with Gasteiger partial charge in [-0.15, -0.1) is 0 Å². The fourth-order valence-corrected chi connectivity index (χ4v) is 1.37. The minimum Gasteiger partial charge on any atom is -0.494 e. The summed E-state index contributed by atoms with van der Waals surface area (Å²) in [5.74, 6) is 0.115. The minimum absolute atomic E-state index is 0. The maximum absolute atomic E-state index is 10.3. The molecule has 0 aliphatic rings. The second kappa shape index (κ2) is 8.56. The van der Waals surface area contributed by atoms with Crippen LogP contribution in [0.25, 0.3) is 0 Å². The number of carboxylic acids is 1. The maximum Gasteiger partial charge on any atom is 1.00 e. The van der Waals surface area contributed by atoms with Crippen LogP contribution in [0.3, 0.4) is 0 Å². The summed E-state index contributed by atoms with van der Waals surface area (Å²) >= 11 is 0. The van der Waals surface area contributed by atoms with E-state index in [4.69, 9.17) is 9.84 Å². The van der Waals surface area contributed by atoms with Gasteiger partial charge in [-0.05, 0) is 49.9 Å². The molecule has 0 aliphatic heterocycles. The van der Waals surface area contributed by atoms with Crippen molar-refractivity contribution in [3.63, 3.8) is 0 Å². The normalized spacial score (nSPS) is 9.53. The van der Waals surface area contributed by atoms with Crippen LogP contribution in [-0.4, -0.2) is 17.7 Å². The molecular weight excluding hydrogens is 227 g/mol. The standard InChI is InChI=1S/C13H18O3.Na/c1-10-6-7-12(9-11(10)2)16-8-4-3-5-13(14)15;/h6-7,9H,3-5,8H2,1-2H3,(H,14,15);/q;+1. The number of ether oxygens (including phenoxy) is 1. The van der Waals surface area contributed by atoms with Crippen LogP contribution in [0, 0.1) is 13.8 Å². The SMILES string of the molecule is Cc1ccc(OCCCCC(=O)O)cc1C.[Na+]. The van der Waals surface area contributed by atoms with Crippen LogP contribution in [0.15, 0.2) is 18.2 Å². The molecule has 0 bridgehead atoms. The average Bonchev–Trinajstić information content (AvgIpc) is 2.22. The maximum atomic E-state index is 10.3. The van der Waals surface area contributed by atoms with Gasteiger partial charge in [0.1, 0.15) is 5.75 Å². The molecule has 1 rings (SSSR count). The molecule has 0 unspecified atom stereocenters. The Morgan fingerprint density at radius 1 is 1.24 bits per heavy atom. The summed E-state index contributed by atoms with van der Waals surface area (Å²) in [7, 11) is 0. The van der Waals surface area contributed by atoms with Gasteiger partial charge in [0, 0.05) is 6.42 Å². The molecular formula is C13H18NaO3+. The van der Waals surface area contributed by atoms with Crippen molar-refractivity contribution in [2.24, 2.45) is 0 Å². The van der Waals surface area contributed by atoms with E-state index >= 15 is 0 Å². The van der Waals surface area contributed by atoms with Gasteiger partial charge in [0.15, 0.2) is 0 Å². The largest absolute Gasteiger partial charge is 1.00 e. The molecule has 4 heteroatoms. The summed E-state index contributed by atoms with van der Waals surface area (Å²) in [6.45, 7) is 4.69. The van der Waals surface area contributed by atoms with Crippen molar-refractivity contribution in [2.75, 3.05) is 6.61 Å². The zero-order chi connectivity index (χ0) is 12.0. The first-order chi connectivity index (χ1) is 7.59. The van der Waals surface area contributed by atoms with E-state index in [1.54, 1.807) is 0 Å². The number of carbonyl (C=O) groups is 1. The number of carboxylic acid groups (broad SMARTS) is 1. The number of unbranched alkanes of at least 4 members (excludes halogenated alkanes) is 1. The van der Waals surface area contributed by atoms with Gasteiger partial charge in [-0.2, -0.15) is 0 Å². The van der Waals surface area contributed by atoms with Gasteiger partial charge in [-0.1, -0.05) is 6.07 Å². The molecule has 0 saturated heterocycles. The predicted octanol–water partition coefficient (Wildman–Crippen LogP) is -0.0589. The van der Waals surface area contributed by atoms with E-state index in [9.17, 15) is 4.79 Å². The van der Waals surface area contributed by atoms with E-state index in [0.717, 1.165) is 12.2 Å². The van der Waals surface area contributed by atoms with Gasteiger partial charge in [-0.25, -0.2) is 0 Å². The summed E-state index contributed by atoms with van der Waals surface area (Å²) in [6.07, 6.45) is 1.66. The van der Waals surface area contributed by atoms with Gasteiger partial charge in [0.25, 0.3) is 0 Å². The van der Waals surface area contributed by atoms with E-state index in [1.165, 1.54) is 11.1 Å². The van der Waals surface area contributed by atoms with Crippen LogP contribution < -0.4 is 34.3 Å². The number of aryl methyl sites for hydroxylation is 2. The van der Waals surface area contributed by atoms with Crippen molar-refractivity contribution in [3.05, 3.63) is 29.3 Å². The van der Waals surface area contributed by atoms with Gasteiger partial charge in [0.05, 0.1) is 6.61 Å². The van der Waals surface area contributed by atoms with Crippen molar-refractivity contribution in [2.45, 2.75) is 33.1 Å². The molecule has 1 aromatic carbocycles. The monoisotopic (exact) mass is 245 g/mol. The number of aliphatic carboxylic acids is 1. The minimum atomic E-state index is -0.744. The Balaban J connectivity index is 0.00000256. The van der Waals surface area contributed by atoms with Crippen LogP contribution in [0.4, 0.5) is 0 Å². The molecule has 0 heterocycles. The van der Waals surface area contributed by atoms with Crippen LogP contribution >= 0.6 is 0 Å². The summed E-state index contributed by atoms with van der Waals surface area (Å²) < 4.78 is 5.53. The quantitative estimate of drug-likeness (QED) is 0.564. The molecule has 0 fully saturated rings. The second-order valence-corrected chi connectivity index (χ2v) is 3.95. The number of hydrogen-bond acceptors (Lipinski definition) is 2. The Bertz CT molecular complexity index is 364. The van der Waals surface area contributed by atoms with Crippen LogP contribution in [0.5, 0.6) is 5.75 Å². The molecule has 0 atom stereocenters. The van der Waals surface area contributed by atoms with E-state index < -0.39 is 5.97 Å². The van der Waals surface area contributed by atoms with Crippen LogP contribution in [-0.2, 0) is 4.79 Å². The summed E-state index contributed by atoms with van der Waals surface area (Å²) in [6, 6.07) is 5.98. The second-order valence-electron chi connectivity index (χ2n) is 3.95. The first kappa shape index (κ1) is 16.5. The molecule has 0 spiro atoms. The zero-order valence-corrected chi connectivity index (χ0v) is 12.8. The molecule has 1 N–H and O–H groups in total. The third-order valence-corrected chi connectivity index (χ3v) is 2.53. The summed E-state index contributed by atoms with van der Waals surface area (Å²) in [5, 5.41) is 8.46. The average molecular weight is 245 g/mol. The third kappa shape index (κ3) is 6.71. The van der Waals surface area contributed by atoms with E-state index in [2.05, 4.69) is 6.92 Å². The van der Waals surface area contributed by atoms with Crippen LogP contribution in [0.2, 0.25) is 0 Å². The molecule has 0 radical (unpaired) electrons. The Morgan fingerprint density at radius 3 is 2.53 bits per heavy atom. The van der Waals surface area contributed by atoms with E-state index in [0.29, 0.717) is 13.0 Å².